The van der Waals surface area contributed by atoms with E-state index in [-0.39, 0.29) is 11.9 Å². The largest absolute Gasteiger partial charge is 0.391 e. The summed E-state index contributed by atoms with van der Waals surface area (Å²) in [4.78, 5) is 21.3. The molecule has 1 amide bonds. The highest BCUT2D eigenvalue weighted by molar-refractivity contribution is 5.73. The van der Waals surface area contributed by atoms with Crippen molar-refractivity contribution in [3.63, 3.8) is 0 Å². The molecule has 6 nitrogen and oxygen atoms in total. The predicted molar refractivity (Wildman–Crippen MR) is 85.3 cm³/mol. The first-order chi connectivity index (χ1) is 10.6. The van der Waals surface area contributed by atoms with E-state index in [1.807, 2.05) is 6.20 Å². The number of aliphatic hydroxyl groups is 1. The molecule has 0 unspecified atom stereocenters. The van der Waals surface area contributed by atoms with Crippen LogP contribution in [-0.4, -0.2) is 51.1 Å². The number of nitrogens with zero attached hydrogens (tertiary/aromatic N) is 2. The van der Waals surface area contributed by atoms with Gasteiger partial charge in [0.05, 0.1) is 12.1 Å². The van der Waals surface area contributed by atoms with Crippen molar-refractivity contribution in [2.45, 2.75) is 64.6 Å². The third kappa shape index (κ3) is 5.10. The topological polar surface area (TPSA) is 81.2 Å². The van der Waals surface area contributed by atoms with Crippen molar-refractivity contribution in [1.29, 1.82) is 0 Å². The van der Waals surface area contributed by atoms with Gasteiger partial charge in [0.25, 0.3) is 0 Å². The molecule has 2 heterocycles. The van der Waals surface area contributed by atoms with Gasteiger partial charge in [0.2, 0.25) is 5.91 Å². The zero-order valence-corrected chi connectivity index (χ0v) is 13.6. The van der Waals surface area contributed by atoms with Crippen molar-refractivity contribution < 1.29 is 9.90 Å². The number of likely N-dealkylation sites (tertiary alicyclic amines) is 1. The summed E-state index contributed by atoms with van der Waals surface area (Å²) in [5.74, 6) is 0.981. The molecular weight excluding hydrogens is 280 g/mol. The molecule has 0 radical (unpaired) electrons. The van der Waals surface area contributed by atoms with Crippen molar-refractivity contribution in [3.05, 3.63) is 17.7 Å². The summed E-state index contributed by atoms with van der Waals surface area (Å²) in [7, 11) is 0. The van der Waals surface area contributed by atoms with Crippen molar-refractivity contribution in [2.75, 3.05) is 13.1 Å². The molecule has 124 valence electrons. The van der Waals surface area contributed by atoms with Crippen LogP contribution < -0.4 is 5.32 Å². The Morgan fingerprint density at radius 1 is 1.50 bits per heavy atom. The van der Waals surface area contributed by atoms with Gasteiger partial charge in [-0.3, -0.25) is 9.69 Å². The van der Waals surface area contributed by atoms with Crippen LogP contribution >= 0.6 is 0 Å². The van der Waals surface area contributed by atoms with Crippen LogP contribution in [0.5, 0.6) is 0 Å². The molecule has 6 heteroatoms. The summed E-state index contributed by atoms with van der Waals surface area (Å²) in [5.41, 5.74) is 1.12. The van der Waals surface area contributed by atoms with Gasteiger partial charge in [-0.15, -0.1) is 0 Å². The zero-order chi connectivity index (χ0) is 15.9. The Balaban J connectivity index is 1.85. The Bertz CT molecular complexity index is 474. The number of carbonyl (C=O) groups excluding carboxylic acids is 1. The number of rotatable bonds is 6. The molecule has 1 saturated heterocycles. The van der Waals surface area contributed by atoms with Gasteiger partial charge >= 0.3 is 0 Å². The molecule has 2 rings (SSSR count). The average Bonchev–Trinajstić information content (AvgIpc) is 2.85. The number of hydrogen-bond donors (Lipinski definition) is 3. The summed E-state index contributed by atoms with van der Waals surface area (Å²) in [5, 5.41) is 13.0. The second-order valence-electron chi connectivity index (χ2n) is 6.19. The van der Waals surface area contributed by atoms with Gasteiger partial charge in [-0.1, -0.05) is 13.3 Å². The van der Waals surface area contributed by atoms with Crippen LogP contribution in [-0.2, 0) is 17.8 Å². The second kappa shape index (κ2) is 8.29. The van der Waals surface area contributed by atoms with E-state index in [0.717, 1.165) is 50.4 Å². The van der Waals surface area contributed by atoms with Gasteiger partial charge < -0.3 is 15.4 Å². The Hall–Kier alpha value is -1.40. The van der Waals surface area contributed by atoms with Crippen LogP contribution in [0, 0.1) is 0 Å². The van der Waals surface area contributed by atoms with Crippen LogP contribution in [0.3, 0.4) is 0 Å². The number of aromatic nitrogens is 2. The standard InChI is InChI=1S/C16H28N4O2/c1-3-4-5-16-17-10-13(19-16)11-20-8-6-14(18-12(2)21)15(22)7-9-20/h10,14-15,22H,3-9,11H2,1-2H3,(H,17,19)(H,18,21)/t14-,15-/m0/s1. The van der Waals surface area contributed by atoms with Crippen molar-refractivity contribution in [3.8, 4) is 0 Å². The first-order valence-electron chi connectivity index (χ1n) is 8.28. The summed E-state index contributed by atoms with van der Waals surface area (Å²) < 4.78 is 0. The van der Waals surface area contributed by atoms with E-state index >= 15 is 0 Å². The summed E-state index contributed by atoms with van der Waals surface area (Å²) in [6, 6.07) is -0.135. The molecule has 0 bridgehead atoms. The summed E-state index contributed by atoms with van der Waals surface area (Å²) >= 11 is 0. The highest BCUT2D eigenvalue weighted by Crippen LogP contribution is 2.14. The van der Waals surface area contributed by atoms with Gasteiger partial charge in [0, 0.05) is 44.9 Å². The Labute approximate surface area is 132 Å². The predicted octanol–water partition coefficient (Wildman–Crippen LogP) is 1.21. The van der Waals surface area contributed by atoms with Gasteiger partial charge in [0.15, 0.2) is 0 Å². The molecular formula is C16H28N4O2. The highest BCUT2D eigenvalue weighted by atomic mass is 16.3. The molecule has 0 saturated carbocycles. The fraction of sp³-hybridized carbons (Fsp3) is 0.750. The normalized spacial score (nSPS) is 23.2. The van der Waals surface area contributed by atoms with E-state index < -0.39 is 6.10 Å². The average molecular weight is 308 g/mol. The molecule has 1 aliphatic rings. The third-order valence-electron chi connectivity index (χ3n) is 4.19. The van der Waals surface area contributed by atoms with E-state index in [2.05, 4.69) is 27.1 Å². The fourth-order valence-electron chi connectivity index (χ4n) is 2.93. The van der Waals surface area contributed by atoms with E-state index in [4.69, 9.17) is 0 Å². The van der Waals surface area contributed by atoms with Crippen LogP contribution in [0.25, 0.3) is 0 Å². The van der Waals surface area contributed by atoms with Gasteiger partial charge in [0.1, 0.15) is 5.82 Å². The van der Waals surface area contributed by atoms with Crippen LogP contribution in [0.2, 0.25) is 0 Å². The number of carbonyl (C=O) groups is 1. The van der Waals surface area contributed by atoms with Gasteiger partial charge in [-0.25, -0.2) is 4.98 Å². The minimum atomic E-state index is -0.462. The molecule has 2 atom stereocenters. The number of H-pyrrole nitrogens is 1. The van der Waals surface area contributed by atoms with Gasteiger partial charge in [-0.05, 0) is 19.3 Å². The first kappa shape index (κ1) is 17.0. The Morgan fingerprint density at radius 3 is 3.00 bits per heavy atom. The minimum Gasteiger partial charge on any atom is -0.391 e. The Morgan fingerprint density at radius 2 is 2.27 bits per heavy atom. The number of hydrogen-bond acceptors (Lipinski definition) is 4. The third-order valence-corrected chi connectivity index (χ3v) is 4.19. The maximum absolute atomic E-state index is 11.2. The minimum absolute atomic E-state index is 0.0772. The molecule has 0 aromatic carbocycles. The number of aliphatic hydroxyl groups excluding tert-OH is 1. The number of nitrogens with one attached hydrogen (secondary N) is 2. The molecule has 3 N–H and O–H groups in total. The lowest BCUT2D eigenvalue weighted by molar-refractivity contribution is -0.120. The second-order valence-corrected chi connectivity index (χ2v) is 6.19. The van der Waals surface area contributed by atoms with Crippen molar-refractivity contribution in [2.24, 2.45) is 0 Å². The number of aromatic amines is 1. The molecule has 1 aliphatic heterocycles. The summed E-state index contributed by atoms with van der Waals surface area (Å²) in [6.07, 6.45) is 6.23. The monoisotopic (exact) mass is 308 g/mol. The first-order valence-corrected chi connectivity index (χ1v) is 8.28. The summed E-state index contributed by atoms with van der Waals surface area (Å²) in [6.45, 7) is 6.19. The maximum atomic E-state index is 11.2. The molecule has 0 spiro atoms. The fourth-order valence-corrected chi connectivity index (χ4v) is 2.93. The quantitative estimate of drug-likeness (QED) is 0.738. The Kier molecular flexibility index (Phi) is 6.39. The van der Waals surface area contributed by atoms with Crippen LogP contribution in [0.15, 0.2) is 6.20 Å². The SMILES string of the molecule is CCCCc1ncc(CN2CC[C@H](NC(C)=O)[C@@H](O)CC2)[nH]1. The smallest absolute Gasteiger partial charge is 0.217 e. The van der Waals surface area contributed by atoms with Gasteiger partial charge in [-0.2, -0.15) is 0 Å². The van der Waals surface area contributed by atoms with Crippen molar-refractivity contribution in [1.82, 2.24) is 20.2 Å². The number of imidazole rings is 1. The molecule has 1 aromatic rings. The molecule has 1 aromatic heterocycles. The molecule has 1 fully saturated rings. The number of amides is 1. The van der Waals surface area contributed by atoms with Crippen LogP contribution in [0.1, 0.15) is 51.0 Å². The zero-order valence-electron chi connectivity index (χ0n) is 13.6. The van der Waals surface area contributed by atoms with E-state index in [1.54, 1.807) is 0 Å². The molecule has 0 aliphatic carbocycles. The lowest BCUT2D eigenvalue weighted by Crippen LogP contribution is -2.42. The lowest BCUT2D eigenvalue weighted by atomic mass is 10.1. The van der Waals surface area contributed by atoms with Crippen LogP contribution in [0.4, 0.5) is 0 Å². The van der Waals surface area contributed by atoms with E-state index in [9.17, 15) is 9.90 Å². The number of unbranched alkanes of at least 4 members (excludes halogenated alkanes) is 1. The molecule has 22 heavy (non-hydrogen) atoms. The maximum Gasteiger partial charge on any atom is 0.217 e. The number of aryl methyl sites for hydroxylation is 1. The highest BCUT2D eigenvalue weighted by Gasteiger charge is 2.25. The van der Waals surface area contributed by atoms with Crippen molar-refractivity contribution >= 4 is 5.91 Å². The van der Waals surface area contributed by atoms with E-state index in [0.29, 0.717) is 6.42 Å². The lowest BCUT2D eigenvalue weighted by Gasteiger charge is -2.20. The van der Waals surface area contributed by atoms with E-state index in [1.165, 1.54) is 13.3 Å².